The second-order valence-electron chi connectivity index (χ2n) is 4.27. The van der Waals surface area contributed by atoms with Crippen molar-refractivity contribution in [3.8, 4) is 5.88 Å². The van der Waals surface area contributed by atoms with Crippen LogP contribution in [-0.4, -0.2) is 15.1 Å². The van der Waals surface area contributed by atoms with Crippen LogP contribution in [0.15, 0.2) is 48.7 Å². The van der Waals surface area contributed by atoms with Crippen molar-refractivity contribution >= 4 is 6.08 Å². The van der Waals surface area contributed by atoms with Gasteiger partial charge in [0.1, 0.15) is 6.61 Å². The van der Waals surface area contributed by atoms with Crippen LogP contribution in [0.5, 0.6) is 5.88 Å². The normalized spacial score (nSPS) is 10.7. The molecule has 1 aromatic carbocycles. The number of aryl methyl sites for hydroxylation is 1. The van der Waals surface area contributed by atoms with Crippen LogP contribution in [0.3, 0.4) is 0 Å². The summed E-state index contributed by atoms with van der Waals surface area (Å²) in [6, 6.07) is 13.1. The van der Waals surface area contributed by atoms with Gasteiger partial charge in [-0.1, -0.05) is 30.3 Å². The molecule has 5 heteroatoms. The molecule has 0 bridgehead atoms. The van der Waals surface area contributed by atoms with Crippen LogP contribution < -0.4 is 4.74 Å². The Bertz CT molecular complexity index is 621. The summed E-state index contributed by atoms with van der Waals surface area (Å²) in [7, 11) is 0. The summed E-state index contributed by atoms with van der Waals surface area (Å²) >= 11 is 0. The second kappa shape index (κ2) is 6.47. The molecule has 1 aromatic heterocycles. The lowest BCUT2D eigenvalue weighted by atomic mass is 10.1. The van der Waals surface area contributed by atoms with E-state index in [2.05, 4.69) is 4.98 Å². The van der Waals surface area contributed by atoms with Gasteiger partial charge < -0.3 is 4.74 Å². The molecule has 1 N–H and O–H groups in total. The number of hydrogen-bond donors (Lipinski definition) is 1. The summed E-state index contributed by atoms with van der Waals surface area (Å²) in [5.74, 6) is 0.594. The maximum atomic E-state index is 10.3. The summed E-state index contributed by atoms with van der Waals surface area (Å²) in [5.41, 5.74) is 2.72. The summed E-state index contributed by atoms with van der Waals surface area (Å²) in [4.78, 5) is 14.3. The van der Waals surface area contributed by atoms with Crippen molar-refractivity contribution in [1.29, 1.82) is 0 Å². The summed E-state index contributed by atoms with van der Waals surface area (Å²) in [6.07, 6.45) is 2.54. The molecule has 0 unspecified atom stereocenters. The Kier molecular flexibility index (Phi) is 4.44. The van der Waals surface area contributed by atoms with E-state index in [1.165, 1.54) is 6.08 Å². The van der Waals surface area contributed by atoms with Crippen LogP contribution in [0.25, 0.3) is 6.08 Å². The minimum Gasteiger partial charge on any atom is -0.473 e. The molecule has 0 spiro atoms. The first-order chi connectivity index (χ1) is 9.63. The van der Waals surface area contributed by atoms with Crippen molar-refractivity contribution in [3.05, 3.63) is 70.4 Å². The van der Waals surface area contributed by atoms with E-state index in [9.17, 15) is 4.91 Å². The Morgan fingerprint density at radius 2 is 2.00 bits per heavy atom. The first kappa shape index (κ1) is 13.7. The van der Waals surface area contributed by atoms with Crippen molar-refractivity contribution in [2.75, 3.05) is 0 Å². The minimum atomic E-state index is -0.236. The Hall–Kier alpha value is -2.69. The van der Waals surface area contributed by atoms with Crippen molar-refractivity contribution in [2.45, 2.75) is 13.5 Å². The van der Waals surface area contributed by atoms with Gasteiger partial charge in [-0.15, -0.1) is 0 Å². The summed E-state index contributed by atoms with van der Waals surface area (Å²) in [5, 5.41) is 8.46. The van der Waals surface area contributed by atoms with Gasteiger partial charge in [-0.05, 0) is 24.1 Å². The number of benzene rings is 1. The van der Waals surface area contributed by atoms with E-state index in [1.807, 2.05) is 49.4 Å². The Morgan fingerprint density at radius 3 is 2.65 bits per heavy atom. The molecular formula is C15H15N2O3+. The molecule has 2 aromatic rings. The maximum Gasteiger partial charge on any atom is 0.282 e. The van der Waals surface area contributed by atoms with E-state index in [0.717, 1.165) is 23.0 Å². The first-order valence-corrected chi connectivity index (χ1v) is 6.12. The van der Waals surface area contributed by atoms with Crippen molar-refractivity contribution in [2.24, 2.45) is 0 Å². The number of pyridine rings is 1. The van der Waals surface area contributed by atoms with Gasteiger partial charge in [0.2, 0.25) is 10.8 Å². The smallest absolute Gasteiger partial charge is 0.282 e. The number of hydrogen-bond acceptors (Lipinski definition) is 3. The van der Waals surface area contributed by atoms with Gasteiger partial charge in [-0.2, -0.15) is 0 Å². The van der Waals surface area contributed by atoms with E-state index < -0.39 is 0 Å². The molecule has 0 saturated carbocycles. The molecule has 102 valence electrons. The zero-order valence-electron chi connectivity index (χ0n) is 11.1. The van der Waals surface area contributed by atoms with Gasteiger partial charge in [-0.25, -0.2) is 10.2 Å². The van der Waals surface area contributed by atoms with E-state index in [-0.39, 0.29) is 4.92 Å². The van der Waals surface area contributed by atoms with Crippen LogP contribution in [0.2, 0.25) is 0 Å². The fourth-order valence-electron chi connectivity index (χ4n) is 1.63. The van der Waals surface area contributed by atoms with Gasteiger partial charge in [-0.3, -0.25) is 0 Å². The monoisotopic (exact) mass is 271 g/mol. The van der Waals surface area contributed by atoms with E-state index in [0.29, 0.717) is 12.5 Å². The minimum absolute atomic E-state index is 0.236. The predicted octanol–water partition coefficient (Wildman–Crippen LogP) is 3.11. The SMILES string of the molecule is Cc1cccc(OCc2ccc(/C=C/[N+](=O)O)cc2)n1. The lowest BCUT2D eigenvalue weighted by Gasteiger charge is -2.06. The molecule has 0 atom stereocenters. The number of ether oxygens (including phenoxy) is 1. The molecule has 0 amide bonds. The molecule has 0 fully saturated rings. The largest absolute Gasteiger partial charge is 0.473 e. The van der Waals surface area contributed by atoms with Crippen LogP contribution in [-0.2, 0) is 6.61 Å². The topological polar surface area (TPSA) is 62.4 Å². The third kappa shape index (κ3) is 4.20. The Morgan fingerprint density at radius 1 is 1.25 bits per heavy atom. The predicted molar refractivity (Wildman–Crippen MR) is 74.2 cm³/mol. The number of aromatic nitrogens is 1. The molecule has 0 aliphatic carbocycles. The maximum absolute atomic E-state index is 10.3. The molecular weight excluding hydrogens is 256 g/mol. The third-order valence-corrected chi connectivity index (χ3v) is 2.62. The standard InChI is InChI=1S/C15H15N2O3/c1-12-3-2-4-15(16-12)20-11-14-7-5-13(6-8-14)9-10-17(18)19/h2-10H,11H2,1H3,(H,18,19)/q+1/b10-9+. The van der Waals surface area contributed by atoms with E-state index in [4.69, 9.17) is 9.94 Å². The Labute approximate surface area is 116 Å². The third-order valence-electron chi connectivity index (χ3n) is 2.62. The van der Waals surface area contributed by atoms with Gasteiger partial charge in [0, 0.05) is 17.8 Å². The van der Waals surface area contributed by atoms with Gasteiger partial charge >= 0.3 is 0 Å². The average Bonchev–Trinajstić information content (AvgIpc) is 2.44. The number of nitrogens with zero attached hydrogens (tertiary/aromatic N) is 2. The van der Waals surface area contributed by atoms with Crippen LogP contribution in [0, 0.1) is 11.8 Å². The Balaban J connectivity index is 1.95. The van der Waals surface area contributed by atoms with Crippen LogP contribution in [0.4, 0.5) is 0 Å². The highest BCUT2D eigenvalue weighted by molar-refractivity contribution is 5.48. The highest BCUT2D eigenvalue weighted by atomic mass is 16.6. The zero-order valence-corrected chi connectivity index (χ0v) is 11.1. The van der Waals surface area contributed by atoms with Gasteiger partial charge in [0.15, 0.2) is 0 Å². The van der Waals surface area contributed by atoms with E-state index >= 15 is 0 Å². The lowest BCUT2D eigenvalue weighted by molar-refractivity contribution is -0.741. The van der Waals surface area contributed by atoms with Gasteiger partial charge in [0.25, 0.3) is 6.20 Å². The molecule has 0 radical (unpaired) electrons. The first-order valence-electron chi connectivity index (χ1n) is 6.12. The second-order valence-corrected chi connectivity index (χ2v) is 4.27. The van der Waals surface area contributed by atoms with Crippen LogP contribution >= 0.6 is 0 Å². The summed E-state index contributed by atoms with van der Waals surface area (Å²) in [6.45, 7) is 2.34. The quantitative estimate of drug-likeness (QED) is 0.849. The highest BCUT2D eigenvalue weighted by Crippen LogP contribution is 2.11. The highest BCUT2D eigenvalue weighted by Gasteiger charge is 1.99. The van der Waals surface area contributed by atoms with Gasteiger partial charge in [0.05, 0.1) is 4.91 Å². The molecule has 0 aliphatic heterocycles. The summed E-state index contributed by atoms with van der Waals surface area (Å²) < 4.78 is 5.58. The lowest BCUT2D eigenvalue weighted by Crippen LogP contribution is -1.97. The molecule has 0 saturated heterocycles. The molecule has 1 heterocycles. The fourth-order valence-corrected chi connectivity index (χ4v) is 1.63. The average molecular weight is 271 g/mol. The molecule has 20 heavy (non-hydrogen) atoms. The van der Waals surface area contributed by atoms with Crippen LogP contribution in [0.1, 0.15) is 16.8 Å². The van der Waals surface area contributed by atoms with E-state index in [1.54, 1.807) is 0 Å². The zero-order chi connectivity index (χ0) is 14.4. The van der Waals surface area contributed by atoms with Crippen molar-refractivity contribution in [1.82, 2.24) is 4.98 Å². The van der Waals surface area contributed by atoms with Crippen molar-refractivity contribution in [3.63, 3.8) is 0 Å². The molecule has 5 nitrogen and oxygen atoms in total. The molecule has 2 rings (SSSR count). The van der Waals surface area contributed by atoms with Crippen molar-refractivity contribution < 1.29 is 14.9 Å². The number of rotatable bonds is 5. The fraction of sp³-hybridized carbons (Fsp3) is 0.133. The molecule has 0 aliphatic rings.